The topological polar surface area (TPSA) is 26.3 Å². The van der Waals surface area contributed by atoms with Gasteiger partial charge in [0, 0.05) is 5.56 Å². The zero-order valence-corrected chi connectivity index (χ0v) is 14.5. The molecule has 3 aromatic carbocycles. The lowest BCUT2D eigenvalue weighted by Crippen LogP contribution is -2.04. The van der Waals surface area contributed by atoms with Crippen LogP contribution in [0.25, 0.3) is 16.7 Å². The van der Waals surface area contributed by atoms with Crippen LogP contribution >= 0.6 is 0 Å². The quantitative estimate of drug-likeness (QED) is 0.550. The second-order valence-corrected chi connectivity index (χ2v) is 5.91. The van der Waals surface area contributed by atoms with E-state index in [1.807, 2.05) is 49.4 Å². The largest absolute Gasteiger partial charge is 0.458 e. The molecule has 0 radical (unpaired) electrons. The summed E-state index contributed by atoms with van der Waals surface area (Å²) in [6, 6.07) is 23.3. The van der Waals surface area contributed by atoms with Gasteiger partial charge in [-0.25, -0.2) is 9.18 Å². The van der Waals surface area contributed by atoms with Crippen molar-refractivity contribution in [2.45, 2.75) is 6.92 Å². The number of rotatable bonds is 5. The minimum Gasteiger partial charge on any atom is -0.458 e. The number of carbonyl (C=O) groups excluding carboxylic acids is 1. The fourth-order valence-corrected chi connectivity index (χ4v) is 2.63. The first-order chi connectivity index (χ1) is 12.6. The standard InChI is InChI=1S/C23H19FO2/c1-17(15-16-26-23(25)20-7-3-2-4-8-20)18-11-13-19(14-12-18)21-9-5-6-10-22(21)24/h2-15H,16H2,1H3. The molecule has 0 spiro atoms. The third kappa shape index (κ3) is 4.25. The molecular weight excluding hydrogens is 327 g/mol. The highest BCUT2D eigenvalue weighted by Crippen LogP contribution is 2.24. The number of halogens is 1. The summed E-state index contributed by atoms with van der Waals surface area (Å²) in [5, 5.41) is 0. The molecule has 0 aliphatic rings. The molecule has 2 nitrogen and oxygen atoms in total. The number of esters is 1. The third-order valence-corrected chi connectivity index (χ3v) is 4.14. The molecule has 0 saturated heterocycles. The summed E-state index contributed by atoms with van der Waals surface area (Å²) in [5.74, 6) is -0.579. The smallest absolute Gasteiger partial charge is 0.338 e. The molecule has 3 aromatic rings. The van der Waals surface area contributed by atoms with Gasteiger partial charge in [0.15, 0.2) is 0 Å². The summed E-state index contributed by atoms with van der Waals surface area (Å²) in [5.41, 5.74) is 3.94. The van der Waals surface area contributed by atoms with Crippen molar-refractivity contribution >= 4 is 11.5 Å². The highest BCUT2D eigenvalue weighted by molar-refractivity contribution is 5.89. The lowest BCUT2D eigenvalue weighted by Gasteiger charge is -2.07. The van der Waals surface area contributed by atoms with Gasteiger partial charge in [-0.1, -0.05) is 60.7 Å². The molecule has 0 N–H and O–H groups in total. The minimum atomic E-state index is -0.343. The van der Waals surface area contributed by atoms with Gasteiger partial charge in [0.1, 0.15) is 12.4 Å². The van der Waals surface area contributed by atoms with Crippen molar-refractivity contribution in [1.82, 2.24) is 0 Å². The monoisotopic (exact) mass is 346 g/mol. The van der Waals surface area contributed by atoms with Crippen LogP contribution in [0.5, 0.6) is 0 Å². The first-order valence-corrected chi connectivity index (χ1v) is 8.39. The molecule has 0 saturated carbocycles. The molecule has 0 aliphatic carbocycles. The highest BCUT2D eigenvalue weighted by atomic mass is 19.1. The van der Waals surface area contributed by atoms with Crippen molar-refractivity contribution in [2.24, 2.45) is 0 Å². The van der Waals surface area contributed by atoms with Crippen LogP contribution in [0, 0.1) is 5.82 Å². The molecule has 130 valence electrons. The van der Waals surface area contributed by atoms with Crippen LogP contribution in [0.2, 0.25) is 0 Å². The molecule has 3 rings (SSSR count). The van der Waals surface area contributed by atoms with E-state index in [-0.39, 0.29) is 18.4 Å². The van der Waals surface area contributed by atoms with E-state index in [0.29, 0.717) is 11.1 Å². The molecule has 0 bridgehead atoms. The molecular formula is C23H19FO2. The van der Waals surface area contributed by atoms with Gasteiger partial charge in [-0.2, -0.15) is 0 Å². The summed E-state index contributed by atoms with van der Waals surface area (Å²) >= 11 is 0. The van der Waals surface area contributed by atoms with E-state index < -0.39 is 0 Å². The van der Waals surface area contributed by atoms with E-state index >= 15 is 0 Å². The van der Waals surface area contributed by atoms with Gasteiger partial charge in [0.2, 0.25) is 0 Å². The van der Waals surface area contributed by atoms with E-state index in [9.17, 15) is 9.18 Å². The normalized spacial score (nSPS) is 11.2. The fraction of sp³-hybridized carbons (Fsp3) is 0.0870. The summed E-state index contributed by atoms with van der Waals surface area (Å²) < 4.78 is 19.1. The number of hydrogen-bond donors (Lipinski definition) is 0. The molecule has 3 heteroatoms. The number of benzene rings is 3. The summed E-state index contributed by atoms with van der Waals surface area (Å²) in [6.45, 7) is 2.16. The second kappa shape index (κ2) is 8.26. The Hall–Kier alpha value is -3.20. The molecule has 0 amide bonds. The third-order valence-electron chi connectivity index (χ3n) is 4.14. The first kappa shape index (κ1) is 17.6. The van der Waals surface area contributed by atoms with Crippen LogP contribution in [-0.4, -0.2) is 12.6 Å². The zero-order chi connectivity index (χ0) is 18.4. The van der Waals surface area contributed by atoms with Gasteiger partial charge in [0.25, 0.3) is 0 Å². The van der Waals surface area contributed by atoms with Crippen molar-refractivity contribution < 1.29 is 13.9 Å². The Kier molecular flexibility index (Phi) is 5.59. The number of hydrogen-bond acceptors (Lipinski definition) is 2. The Bertz CT molecular complexity index is 912. The summed E-state index contributed by atoms with van der Waals surface area (Å²) in [4.78, 5) is 11.9. The predicted molar refractivity (Wildman–Crippen MR) is 102 cm³/mol. The van der Waals surface area contributed by atoms with Gasteiger partial charge in [-0.3, -0.25) is 0 Å². The van der Waals surface area contributed by atoms with Gasteiger partial charge in [-0.15, -0.1) is 0 Å². The van der Waals surface area contributed by atoms with Crippen LogP contribution in [-0.2, 0) is 4.74 Å². The Balaban J connectivity index is 1.64. The fourth-order valence-electron chi connectivity index (χ4n) is 2.63. The highest BCUT2D eigenvalue weighted by Gasteiger charge is 2.06. The molecule has 0 fully saturated rings. The average Bonchev–Trinajstić information content (AvgIpc) is 2.69. The zero-order valence-electron chi connectivity index (χ0n) is 14.5. The van der Waals surface area contributed by atoms with Crippen LogP contribution < -0.4 is 0 Å². The molecule has 0 aliphatic heterocycles. The lowest BCUT2D eigenvalue weighted by atomic mass is 10.0. The van der Waals surface area contributed by atoms with Gasteiger partial charge in [0.05, 0.1) is 5.56 Å². The van der Waals surface area contributed by atoms with Crippen LogP contribution in [0.1, 0.15) is 22.8 Å². The van der Waals surface area contributed by atoms with E-state index in [1.54, 1.807) is 36.4 Å². The van der Waals surface area contributed by atoms with E-state index in [4.69, 9.17) is 4.74 Å². The summed E-state index contributed by atoms with van der Waals surface area (Å²) in [7, 11) is 0. The van der Waals surface area contributed by atoms with Crippen molar-refractivity contribution in [2.75, 3.05) is 6.61 Å². The Morgan fingerprint density at radius 2 is 1.54 bits per heavy atom. The number of allylic oxidation sites excluding steroid dienone is 1. The van der Waals surface area contributed by atoms with E-state index in [0.717, 1.165) is 16.7 Å². The maximum absolute atomic E-state index is 13.9. The van der Waals surface area contributed by atoms with E-state index in [2.05, 4.69) is 0 Å². The number of ether oxygens (including phenoxy) is 1. The first-order valence-electron chi connectivity index (χ1n) is 8.39. The number of carbonyl (C=O) groups is 1. The van der Waals surface area contributed by atoms with Crippen molar-refractivity contribution in [3.63, 3.8) is 0 Å². The molecule has 26 heavy (non-hydrogen) atoms. The lowest BCUT2D eigenvalue weighted by molar-refractivity contribution is 0.0550. The van der Waals surface area contributed by atoms with Gasteiger partial charge in [-0.05, 0) is 47.9 Å². The molecule has 0 unspecified atom stereocenters. The SMILES string of the molecule is CC(=CCOC(=O)c1ccccc1)c1ccc(-c2ccccc2F)cc1. The van der Waals surface area contributed by atoms with Gasteiger partial charge >= 0.3 is 5.97 Å². The second-order valence-electron chi connectivity index (χ2n) is 5.91. The average molecular weight is 346 g/mol. The maximum Gasteiger partial charge on any atom is 0.338 e. The van der Waals surface area contributed by atoms with Crippen molar-refractivity contribution in [1.29, 1.82) is 0 Å². The molecule has 0 heterocycles. The maximum atomic E-state index is 13.9. The Morgan fingerprint density at radius 1 is 0.885 bits per heavy atom. The predicted octanol–water partition coefficient (Wildman–Crippen LogP) is 5.75. The van der Waals surface area contributed by atoms with E-state index in [1.165, 1.54) is 6.07 Å². The van der Waals surface area contributed by atoms with Crippen LogP contribution in [0.15, 0.2) is 84.9 Å². The van der Waals surface area contributed by atoms with Crippen molar-refractivity contribution in [3.8, 4) is 11.1 Å². The Labute approximate surface area is 152 Å². The van der Waals surface area contributed by atoms with Crippen molar-refractivity contribution in [3.05, 3.63) is 102 Å². The molecule has 0 atom stereocenters. The van der Waals surface area contributed by atoms with Crippen LogP contribution in [0.4, 0.5) is 4.39 Å². The molecule has 0 aromatic heterocycles. The summed E-state index contributed by atoms with van der Waals surface area (Å²) in [6.07, 6.45) is 1.86. The minimum absolute atomic E-state index is 0.203. The van der Waals surface area contributed by atoms with Gasteiger partial charge < -0.3 is 4.74 Å². The Morgan fingerprint density at radius 3 is 2.23 bits per heavy atom. The van der Waals surface area contributed by atoms with Crippen LogP contribution in [0.3, 0.4) is 0 Å².